The van der Waals surface area contributed by atoms with Crippen molar-refractivity contribution in [1.82, 2.24) is 24.6 Å². The van der Waals surface area contributed by atoms with Gasteiger partial charge in [0, 0.05) is 37.6 Å². The molecule has 0 amide bonds. The first kappa shape index (κ1) is 49.0. The minimum atomic E-state index is -1.84. The van der Waals surface area contributed by atoms with E-state index in [4.69, 9.17) is 10.3 Å². The van der Waals surface area contributed by atoms with Crippen molar-refractivity contribution in [1.29, 1.82) is 0 Å². The minimum absolute atomic E-state index is 0. The first-order valence-corrected chi connectivity index (χ1v) is 24.4. The van der Waals surface area contributed by atoms with Crippen LogP contribution in [0, 0.1) is 0 Å². The van der Waals surface area contributed by atoms with Gasteiger partial charge < -0.3 is 34.5 Å². The summed E-state index contributed by atoms with van der Waals surface area (Å²) in [5, 5.41) is 6.33. The van der Waals surface area contributed by atoms with Crippen LogP contribution < -0.4 is 47.3 Å². The predicted molar refractivity (Wildman–Crippen MR) is 224 cm³/mol. The van der Waals surface area contributed by atoms with Crippen molar-refractivity contribution < 1.29 is 37.7 Å². The molecule has 0 spiro atoms. The molecule has 4 rings (SSSR count). The summed E-state index contributed by atoms with van der Waals surface area (Å²) in [6, 6.07) is 29.5. The molecular weight excluding hydrogens is 649 g/mol. The summed E-state index contributed by atoms with van der Waals surface area (Å²) in [5.41, 5.74) is 8.71. The molecule has 0 saturated carbocycles. The van der Waals surface area contributed by atoms with E-state index in [1.807, 2.05) is 18.2 Å². The van der Waals surface area contributed by atoms with Crippen LogP contribution in [-0.4, -0.2) is 118 Å². The Morgan fingerprint density at radius 1 is 0.588 bits per heavy atom. The molecular formula is C40H65Li2N7Si2. The van der Waals surface area contributed by atoms with E-state index in [2.05, 4.69) is 192 Å². The van der Waals surface area contributed by atoms with Gasteiger partial charge in [0.1, 0.15) is 0 Å². The third-order valence-corrected chi connectivity index (χ3v) is 10.3. The van der Waals surface area contributed by atoms with Gasteiger partial charge in [-0.3, -0.25) is 0 Å². The summed E-state index contributed by atoms with van der Waals surface area (Å²) >= 11 is 0. The van der Waals surface area contributed by atoms with E-state index < -0.39 is 16.3 Å². The smallest absolute Gasteiger partial charge is 0.659 e. The molecule has 0 fully saturated rings. The molecule has 11 heteroatoms. The van der Waals surface area contributed by atoms with Crippen molar-refractivity contribution in [2.24, 2.45) is 0 Å². The number of rotatable bonds is 13. The van der Waals surface area contributed by atoms with Gasteiger partial charge in [0.2, 0.25) is 0 Å². The molecule has 0 bridgehead atoms. The molecule has 0 atom stereocenters. The standard InChI is InChI=1S/C28H33N3Si2.2C6H16N2.2Li/c1-32(2,3)21-26(29-22-15-9-7-10-16-22)27-28(24-19-13-14-20-25(24)30-27)31(33(4,5)6)23-17-11-8-12-18-23;2*1-7(2)5-6-8(3)4;;/h7-21H,1-6H3;2*5-6H2,1-4H3;;/q-2;;;2*+1/b26-21-;;;;. The number of aromatic nitrogens is 1. The maximum Gasteiger partial charge on any atom is 1.00 e. The van der Waals surface area contributed by atoms with Crippen molar-refractivity contribution in [2.75, 3.05) is 87.1 Å². The largest absolute Gasteiger partial charge is 1.00 e. The van der Waals surface area contributed by atoms with Gasteiger partial charge in [0.05, 0.1) is 8.07 Å². The number of fused-ring (bicyclic) bond motifs is 1. The zero-order valence-corrected chi connectivity index (χ0v) is 37.1. The molecule has 0 aliphatic heterocycles. The maximum atomic E-state index is 5.19. The van der Waals surface area contributed by atoms with Crippen LogP contribution in [0.5, 0.6) is 0 Å². The molecule has 270 valence electrons. The Morgan fingerprint density at radius 2 is 1.00 bits per heavy atom. The van der Waals surface area contributed by atoms with E-state index in [1.54, 1.807) is 0 Å². The van der Waals surface area contributed by atoms with Crippen LogP contribution >= 0.6 is 0 Å². The second-order valence-electron chi connectivity index (χ2n) is 15.7. The first-order valence-electron chi connectivity index (χ1n) is 17.4. The molecule has 51 heavy (non-hydrogen) atoms. The SMILES string of the molecule is CN(C)CCN(C)C.CN(C)CCN(C)C.C[Si](C)(C)/C=C(\[N-]c1ccccc1)c1[n-]c2ccccc2c1N(c1ccccc1)[Si](C)(C)C.[Li+].[Li+]. The zero-order chi connectivity index (χ0) is 36.8. The van der Waals surface area contributed by atoms with Crippen LogP contribution in [0.15, 0.2) is 90.6 Å². The Balaban J connectivity index is 0.00000116. The summed E-state index contributed by atoms with van der Waals surface area (Å²) in [4.78, 5) is 13.9. The van der Waals surface area contributed by atoms with Crippen molar-refractivity contribution >= 4 is 50.0 Å². The van der Waals surface area contributed by atoms with E-state index in [1.165, 1.54) is 16.8 Å². The molecule has 0 unspecified atom stereocenters. The fraction of sp³-hybridized carbons (Fsp3) is 0.450. The Kier molecular flexibility index (Phi) is 22.7. The zero-order valence-electron chi connectivity index (χ0n) is 35.1. The molecule has 7 nitrogen and oxygen atoms in total. The first-order chi connectivity index (χ1) is 22.9. The molecule has 1 heterocycles. The molecule has 4 aromatic rings. The van der Waals surface area contributed by atoms with Gasteiger partial charge in [-0.15, -0.1) is 22.6 Å². The number of benzene rings is 3. The molecule has 0 N–H and O–H groups in total. The molecule has 3 aromatic carbocycles. The van der Waals surface area contributed by atoms with Gasteiger partial charge in [-0.1, -0.05) is 112 Å². The third-order valence-electron chi connectivity index (χ3n) is 7.33. The summed E-state index contributed by atoms with van der Waals surface area (Å²) in [7, 11) is 13.3. The van der Waals surface area contributed by atoms with Crippen molar-refractivity contribution in [2.45, 2.75) is 39.3 Å². The third kappa shape index (κ3) is 18.6. The second-order valence-corrected chi connectivity index (χ2v) is 25.5. The summed E-state index contributed by atoms with van der Waals surface area (Å²) in [6.45, 7) is 18.8. The van der Waals surface area contributed by atoms with Crippen molar-refractivity contribution in [3.63, 3.8) is 0 Å². The Hall–Kier alpha value is -1.99. The van der Waals surface area contributed by atoms with Gasteiger partial charge in [-0.25, -0.2) is 0 Å². The van der Waals surface area contributed by atoms with Crippen molar-refractivity contribution in [3.8, 4) is 0 Å². The number of anilines is 2. The Bertz CT molecular complexity index is 1500. The average Bonchev–Trinajstić information content (AvgIpc) is 3.38. The van der Waals surface area contributed by atoms with E-state index in [0.29, 0.717) is 0 Å². The molecule has 0 radical (unpaired) electrons. The Morgan fingerprint density at radius 3 is 1.41 bits per heavy atom. The monoisotopic (exact) mass is 714 g/mol. The van der Waals surface area contributed by atoms with E-state index in [0.717, 1.165) is 48.8 Å². The minimum Gasteiger partial charge on any atom is -0.659 e. The molecule has 0 aliphatic carbocycles. The van der Waals surface area contributed by atoms with Gasteiger partial charge in [0.25, 0.3) is 0 Å². The molecule has 0 aliphatic rings. The van der Waals surface area contributed by atoms with Crippen LogP contribution in [0.4, 0.5) is 17.1 Å². The second kappa shape index (κ2) is 23.6. The van der Waals surface area contributed by atoms with E-state index in [-0.39, 0.29) is 37.7 Å². The van der Waals surface area contributed by atoms with E-state index >= 15 is 0 Å². The van der Waals surface area contributed by atoms with E-state index in [9.17, 15) is 0 Å². The quantitative estimate of drug-likeness (QED) is 0.199. The number of likely N-dealkylation sites (N-methyl/N-ethyl adjacent to an activating group) is 4. The van der Waals surface area contributed by atoms with Crippen LogP contribution in [0.25, 0.3) is 21.9 Å². The van der Waals surface area contributed by atoms with Gasteiger partial charge in [0.15, 0.2) is 8.24 Å². The van der Waals surface area contributed by atoms with Crippen LogP contribution in [-0.2, 0) is 0 Å². The molecule has 0 saturated heterocycles. The van der Waals surface area contributed by atoms with Gasteiger partial charge in [-0.2, -0.15) is 5.70 Å². The predicted octanol–water partition coefficient (Wildman–Crippen LogP) is 2.92. The topological polar surface area (TPSA) is 44.4 Å². The van der Waals surface area contributed by atoms with Crippen LogP contribution in [0.3, 0.4) is 0 Å². The Labute approximate surface area is 338 Å². The van der Waals surface area contributed by atoms with Gasteiger partial charge in [-0.05, 0) is 73.9 Å². The number of hydrogen-bond acceptors (Lipinski definition) is 5. The van der Waals surface area contributed by atoms with Crippen molar-refractivity contribution in [3.05, 3.63) is 102 Å². The summed E-state index contributed by atoms with van der Waals surface area (Å²) < 4.78 is 2.55. The molecule has 1 aromatic heterocycles. The number of para-hydroxylation sites is 3. The normalized spacial score (nSPS) is 11.8. The number of hydrogen-bond donors (Lipinski definition) is 0. The van der Waals surface area contributed by atoms with Gasteiger partial charge >= 0.3 is 37.7 Å². The fourth-order valence-electron chi connectivity index (χ4n) is 4.91. The number of nitrogens with zero attached hydrogens (tertiary/aromatic N) is 7. The summed E-state index contributed by atoms with van der Waals surface area (Å²) in [5.74, 6) is 0. The van der Waals surface area contributed by atoms with Crippen LogP contribution in [0.1, 0.15) is 5.69 Å². The fourth-order valence-corrected chi connectivity index (χ4v) is 7.75. The average molecular weight is 714 g/mol. The summed E-state index contributed by atoms with van der Waals surface area (Å²) in [6.07, 6.45) is 0. The maximum absolute atomic E-state index is 5.19. The van der Waals surface area contributed by atoms with Crippen LogP contribution in [0.2, 0.25) is 39.3 Å².